The van der Waals surface area contributed by atoms with Crippen LogP contribution in [0.5, 0.6) is 0 Å². The van der Waals surface area contributed by atoms with Crippen LogP contribution in [-0.4, -0.2) is 237 Å². The molecule has 0 radical (unpaired) electrons. The summed E-state index contributed by atoms with van der Waals surface area (Å²) in [6.45, 7) is -2.97. The van der Waals surface area contributed by atoms with Gasteiger partial charge in [-0.15, -0.1) is 0 Å². The van der Waals surface area contributed by atoms with Gasteiger partial charge in [0.05, 0.1) is 26.4 Å². The minimum absolute atomic E-state index is 0.00163. The average molecular weight is 1970 g/mol. The van der Waals surface area contributed by atoms with Crippen molar-refractivity contribution >= 4 is 122 Å². The number of ether oxygens (including phenoxy) is 4. The zero-order chi connectivity index (χ0) is 93.1. The Morgan fingerprint density at radius 2 is 0.654 bits per heavy atom. The van der Waals surface area contributed by atoms with E-state index in [0.29, 0.717) is 22.3 Å². The summed E-state index contributed by atoms with van der Waals surface area (Å²) < 4.78 is 138. The molecule has 4 aromatic heterocycles. The lowest BCUT2D eigenvalue weighted by Gasteiger charge is -2.27. The Kier molecular flexibility index (Phi) is 33.7. The second-order valence-corrected chi connectivity index (χ2v) is 39.9. The fourth-order valence-corrected chi connectivity index (χ4v) is 20.1. The summed E-state index contributed by atoms with van der Waals surface area (Å²) in [4.78, 5) is 167. The molecular weight excluding hydrogens is 1900 g/mol. The van der Waals surface area contributed by atoms with Crippen molar-refractivity contribution in [2.24, 2.45) is 0 Å². The molecule has 20 atom stereocenters. The van der Waals surface area contributed by atoms with Gasteiger partial charge in [0.1, 0.15) is 96.5 Å². The number of amides is 4. The van der Waals surface area contributed by atoms with E-state index in [0.717, 1.165) is 30.7 Å². The summed E-state index contributed by atoms with van der Waals surface area (Å²) in [7, 11) is -32.6. The quantitative estimate of drug-likeness (QED) is 0.0333. The second-order valence-electron chi connectivity index (χ2n) is 26.2. The lowest BCUT2D eigenvalue weighted by atomic mass is 10.1. The predicted molar refractivity (Wildman–Crippen MR) is 424 cm³/mol. The topological polar surface area (TPSA) is 790 Å². The summed E-state index contributed by atoms with van der Waals surface area (Å²) in [5, 5.41) is 99.9. The maximum absolute atomic E-state index is 12.5. The molecule has 127 heavy (non-hydrogen) atoms. The smallest absolute Gasteiger partial charge is 0.394 e. The van der Waals surface area contributed by atoms with Gasteiger partial charge in [0.25, 0.3) is 23.6 Å². The monoisotopic (exact) mass is 1970 g/mol. The van der Waals surface area contributed by atoms with Gasteiger partial charge in [-0.3, -0.25) is 51.1 Å². The molecule has 54 nitrogen and oxygen atoms in total. The molecule has 0 bridgehead atoms. The Hall–Kier alpha value is -8.61. The first kappa shape index (κ1) is 101. The van der Waals surface area contributed by atoms with Crippen LogP contribution in [0.2, 0.25) is 0 Å². The highest BCUT2D eigenvalue weighted by Gasteiger charge is 2.56. The number of aromatic nitrogens is 8. The van der Waals surface area contributed by atoms with Gasteiger partial charge in [0.2, 0.25) is 0 Å². The number of hydrogen-bond acceptors (Lipinski definition) is 40. The van der Waals surface area contributed by atoms with Crippen LogP contribution in [0, 0.1) is 0 Å². The van der Waals surface area contributed by atoms with Crippen LogP contribution in [-0.2, 0) is 86.0 Å². The van der Waals surface area contributed by atoms with Gasteiger partial charge in [0.15, 0.2) is 24.9 Å². The molecule has 5 fully saturated rings. The van der Waals surface area contributed by atoms with Crippen LogP contribution < -0.4 is 44.0 Å². The number of anilines is 4. The molecule has 63 heteroatoms. The largest absolute Gasteiger partial charge is 0.492 e. The third-order valence-electron chi connectivity index (χ3n) is 17.3. The van der Waals surface area contributed by atoms with Crippen LogP contribution in [0.25, 0.3) is 0 Å². The van der Waals surface area contributed by atoms with Crippen molar-refractivity contribution < 1.29 is 181 Å². The van der Waals surface area contributed by atoms with Gasteiger partial charge in [-0.05, 0) is 95.3 Å². The zero-order valence-electron chi connectivity index (χ0n) is 63.4. The molecule has 5 aliphatic heterocycles. The van der Waals surface area contributed by atoms with Crippen molar-refractivity contribution in [3.05, 3.63) is 235 Å². The Balaban J connectivity index is 0.000000178. The molecular formula is C64H71Cl2N12O42P7. The number of carbonyl (C=O) groups is 4. The molecule has 8 aromatic rings. The number of aliphatic hydroxyl groups is 9. The number of phosphoric ester groups is 1. The number of rotatable bonds is 26. The number of hydrogen-bond donors (Lipinski definition) is 19. The first-order valence-electron chi connectivity index (χ1n) is 35.5. The maximum Gasteiger partial charge on any atom is 0.492 e. The number of phosphoric acid groups is 6. The second kappa shape index (κ2) is 42.5. The molecule has 0 spiro atoms. The number of halogens is 2. The molecule has 9 heterocycles. The van der Waals surface area contributed by atoms with E-state index in [1.807, 2.05) is 0 Å². The Labute approximate surface area is 718 Å². The molecule has 19 N–H and O–H groups in total. The zero-order valence-corrected chi connectivity index (χ0v) is 71.2. The SMILES string of the molecule is O=C(Nc1ccn([C@@H]2O[C@H](CO)C(O)[C@@H]2O)c(=O)n1)c1ccccc1.O=C(Nc1ccn([C@@H]2O[C@H](COP(=O)(Cl)Cl)C(O)[C@@H]2O)c(=O)n1)c1ccccc1.O=C(Nc1ccn([C@@H]2O[C@H](COP(=O)(O)OP(=O)(O)OP(=O)(O)O)C(O)[C@@H]2O)c(=O)n1)c1ccccc1.O=C(Nc1ccn([C@@H]2O[C@H](COP3(=O)OP(=O)(O)OP(=O)(O)O3)C(O)[C@@H]2O)c(=O)n1)c1ccccc1. The van der Waals surface area contributed by atoms with Crippen molar-refractivity contribution in [1.82, 2.24) is 38.2 Å². The summed E-state index contributed by atoms with van der Waals surface area (Å²) in [5.74, 6) is -2.15. The van der Waals surface area contributed by atoms with E-state index >= 15 is 0 Å². The van der Waals surface area contributed by atoms with Gasteiger partial charge in [0, 0.05) is 47.0 Å². The average Bonchev–Trinajstić information content (AvgIpc) is 1.76. The minimum Gasteiger partial charge on any atom is -0.394 e. The maximum atomic E-state index is 12.5. The molecule has 5 saturated heterocycles. The van der Waals surface area contributed by atoms with E-state index in [1.54, 1.807) is 109 Å². The number of nitrogens with one attached hydrogen (secondary N) is 4. The van der Waals surface area contributed by atoms with E-state index in [4.69, 9.17) is 65.7 Å². The van der Waals surface area contributed by atoms with Crippen LogP contribution in [0.15, 0.2) is 190 Å². The molecule has 13 rings (SSSR count). The lowest BCUT2D eigenvalue weighted by molar-refractivity contribution is -0.0549. The highest BCUT2D eigenvalue weighted by Crippen LogP contribution is 2.80. The number of aliphatic hydroxyl groups excluding tert-OH is 9. The molecule has 688 valence electrons. The molecule has 0 aliphatic carbocycles. The van der Waals surface area contributed by atoms with Crippen LogP contribution in [0.3, 0.4) is 0 Å². The van der Waals surface area contributed by atoms with E-state index in [-0.39, 0.29) is 23.3 Å². The summed E-state index contributed by atoms with van der Waals surface area (Å²) >= 11 is 10.6. The van der Waals surface area contributed by atoms with Crippen molar-refractivity contribution in [2.45, 2.75) is 98.2 Å². The van der Waals surface area contributed by atoms with Crippen molar-refractivity contribution in [3.63, 3.8) is 0 Å². The Bertz CT molecular complexity index is 5850. The van der Waals surface area contributed by atoms with E-state index in [9.17, 15) is 126 Å². The fourth-order valence-electron chi connectivity index (χ4n) is 11.5. The van der Waals surface area contributed by atoms with Gasteiger partial charge < -0.3 is 120 Å². The van der Waals surface area contributed by atoms with Crippen molar-refractivity contribution in [2.75, 3.05) is 47.7 Å². The molecule has 5 aliphatic rings. The lowest BCUT2D eigenvalue weighted by Crippen LogP contribution is -2.36. The first-order chi connectivity index (χ1) is 59.5. The minimum atomic E-state index is -5.76. The van der Waals surface area contributed by atoms with Crippen molar-refractivity contribution in [3.8, 4) is 0 Å². The van der Waals surface area contributed by atoms with Gasteiger partial charge in [-0.1, -0.05) is 72.8 Å². The van der Waals surface area contributed by atoms with Crippen LogP contribution in [0.4, 0.5) is 23.3 Å². The van der Waals surface area contributed by atoms with Gasteiger partial charge in [-0.2, -0.15) is 41.5 Å². The summed E-state index contributed by atoms with van der Waals surface area (Å²) in [6, 6.07) is 38.0. The fraction of sp³-hybridized carbons (Fsp3) is 0.312. The number of benzene rings is 4. The highest BCUT2D eigenvalue weighted by atomic mass is 35.9. The summed E-state index contributed by atoms with van der Waals surface area (Å²) in [5.41, 5.74) is -2.21. The molecule has 0 saturated carbocycles. The highest BCUT2D eigenvalue weighted by molar-refractivity contribution is 8.05. The Morgan fingerprint density at radius 3 is 0.913 bits per heavy atom. The first-order valence-corrected chi connectivity index (χ1v) is 47.9. The van der Waals surface area contributed by atoms with Gasteiger partial charge >= 0.3 is 75.8 Å². The molecule has 4 aromatic carbocycles. The Morgan fingerprint density at radius 1 is 0.386 bits per heavy atom. The van der Waals surface area contributed by atoms with Gasteiger partial charge in [-0.25, -0.2) is 46.6 Å². The van der Waals surface area contributed by atoms with Crippen LogP contribution >= 0.6 is 75.5 Å². The van der Waals surface area contributed by atoms with Crippen LogP contribution in [0.1, 0.15) is 66.3 Å². The molecule has 4 amide bonds. The third-order valence-corrected chi connectivity index (χ3v) is 27.5. The normalized spacial score (nSPS) is 28.3. The number of carbonyl (C=O) groups excluding carboxylic acids is 4. The predicted octanol–water partition coefficient (Wildman–Crippen LogP) is 0.786. The number of nitrogens with zero attached hydrogens (tertiary/aromatic N) is 8. The van der Waals surface area contributed by atoms with E-state index in [2.05, 4.69) is 71.8 Å². The standard InChI is InChI=1S/C16H16Cl2N3O7P.C16H20N3O15P3.C16H18N3O14P3.C16H17N3O6/c17-29(18,26)27-8-10-12(22)13(23)15(28-10)21-7-6-11(20-16(21)25)19-14(24)9-4-2-1-3-5-9;20-12-10(8-31-36(27,28)34-37(29,30)33-35(24,25)26)32-15(13(12)21)19-7-6-11(18-16(19)23)17-14(22)9-4-2-1-3-5-9;20-12-10(8-29-36(28)32-34(24,25)31-35(26,27)33-36)30-15(13(12)21)19-7-6-11(18-16(19)23)17-14(22)9-4-2-1-3-5-9;20-8-10-12(21)13(22)15(25-10)19-7-6-11(18-16(19)24)17-14(23)9-4-2-1-3-5-9/h1-7,10,12-13,15,22-23H,8H2,(H,19,20,24,25);1-7,10,12-13,15,20-21H,8H2,(H,27,28)(H,29,30)(H2,24,25,26)(H,17,18,22,23);1-7,10,12-13,15,20-21H,8H2,(H,24,25)(H,26,27)(H,17,18,22,23);1-7,10,12-13,15,20-22H,8H2,(H,17,18,23,24)/t4*10-,12?,13+,15-/m1111/s1. The molecule has 8 unspecified atom stereocenters. The third kappa shape index (κ3) is 27.7. The van der Waals surface area contributed by atoms with E-state index in [1.165, 1.54) is 48.8 Å². The van der Waals surface area contributed by atoms with E-state index < -0.39 is 224 Å². The van der Waals surface area contributed by atoms with Crippen molar-refractivity contribution in [1.29, 1.82) is 0 Å². The summed E-state index contributed by atoms with van der Waals surface area (Å²) in [6.07, 6.45) is -22.7.